The number of nitrogens with zero attached hydrogens (tertiary/aromatic N) is 1. The Morgan fingerprint density at radius 2 is 1.96 bits per heavy atom. The molecule has 6 heteroatoms. The van der Waals surface area contributed by atoms with Crippen LogP contribution in [0.4, 0.5) is 5.00 Å². The van der Waals surface area contributed by atoms with E-state index in [1.807, 2.05) is 37.5 Å². The van der Waals surface area contributed by atoms with Crippen molar-refractivity contribution in [3.8, 4) is 0 Å². The van der Waals surface area contributed by atoms with E-state index in [0.717, 1.165) is 24.3 Å². The highest BCUT2D eigenvalue weighted by Gasteiger charge is 2.17. The lowest BCUT2D eigenvalue weighted by atomic mass is 10.2. The molecule has 2 rings (SSSR count). The van der Waals surface area contributed by atoms with E-state index in [2.05, 4.69) is 9.88 Å². The van der Waals surface area contributed by atoms with Crippen LogP contribution < -0.4 is 9.88 Å². The minimum absolute atomic E-state index is 0.0690. The van der Waals surface area contributed by atoms with Gasteiger partial charge in [0.05, 0.1) is 12.2 Å². The Hall–Kier alpha value is -2.21. The second-order valence-corrected chi connectivity index (χ2v) is 6.70. The molecule has 0 aliphatic carbocycles. The van der Waals surface area contributed by atoms with Crippen molar-refractivity contribution < 1.29 is 18.9 Å². The molecule has 24 heavy (non-hydrogen) atoms. The molecule has 0 bridgehead atoms. The number of pyridine rings is 1. The van der Waals surface area contributed by atoms with Crippen LogP contribution in [0.3, 0.4) is 0 Å². The number of thiophene rings is 1. The number of carbonyl (C=O) groups excluding carboxylic acids is 2. The lowest BCUT2D eigenvalue weighted by Gasteiger charge is -2.05. The first-order valence-electron chi connectivity index (χ1n) is 8.11. The number of amides is 1. The third-order valence-electron chi connectivity index (χ3n) is 3.45. The van der Waals surface area contributed by atoms with Crippen LogP contribution in [0.15, 0.2) is 36.7 Å². The van der Waals surface area contributed by atoms with Gasteiger partial charge in [0.25, 0.3) is 0 Å². The maximum Gasteiger partial charge on any atom is 0.341 e. The molecule has 0 aliphatic heterocycles. The number of esters is 1. The summed E-state index contributed by atoms with van der Waals surface area (Å²) in [5.74, 6) is -0.460. The number of anilines is 1. The molecule has 0 fully saturated rings. The zero-order valence-electron chi connectivity index (χ0n) is 14.1. The molecular formula is C18H23N2O3S+. The van der Waals surface area contributed by atoms with E-state index in [1.165, 1.54) is 11.3 Å². The van der Waals surface area contributed by atoms with Crippen molar-refractivity contribution in [1.82, 2.24) is 0 Å². The molecule has 0 saturated heterocycles. The average molecular weight is 347 g/mol. The first-order chi connectivity index (χ1) is 11.6. The molecule has 0 aliphatic rings. The maximum atomic E-state index is 12.1. The monoisotopic (exact) mass is 347 g/mol. The number of unbranched alkanes of at least 4 members (excludes halogenated alkanes) is 1. The van der Waals surface area contributed by atoms with Crippen LogP contribution in [0.2, 0.25) is 0 Å². The molecule has 2 aromatic heterocycles. The van der Waals surface area contributed by atoms with Gasteiger partial charge in [-0.2, -0.15) is 0 Å². The van der Waals surface area contributed by atoms with Gasteiger partial charge in [-0.15, -0.1) is 11.3 Å². The van der Waals surface area contributed by atoms with Gasteiger partial charge in [-0.1, -0.05) is 6.07 Å². The largest absolute Gasteiger partial charge is 0.462 e. The zero-order chi connectivity index (χ0) is 17.4. The van der Waals surface area contributed by atoms with Gasteiger partial charge in [-0.25, -0.2) is 9.36 Å². The van der Waals surface area contributed by atoms with Crippen LogP contribution in [-0.2, 0) is 16.1 Å². The summed E-state index contributed by atoms with van der Waals surface area (Å²) in [5, 5.41) is 3.42. The maximum absolute atomic E-state index is 12.1. The number of carbonyl (C=O) groups is 2. The fourth-order valence-electron chi connectivity index (χ4n) is 2.32. The van der Waals surface area contributed by atoms with E-state index in [4.69, 9.17) is 4.74 Å². The summed E-state index contributed by atoms with van der Waals surface area (Å²) in [6.45, 7) is 4.87. The lowest BCUT2D eigenvalue weighted by Crippen LogP contribution is -2.32. The van der Waals surface area contributed by atoms with Crippen molar-refractivity contribution in [3.63, 3.8) is 0 Å². The van der Waals surface area contributed by atoms with Crippen LogP contribution >= 0.6 is 11.3 Å². The van der Waals surface area contributed by atoms with Gasteiger partial charge in [-0.3, -0.25) is 4.79 Å². The molecule has 0 unspecified atom stereocenters. The highest BCUT2D eigenvalue weighted by Crippen LogP contribution is 2.28. The number of aryl methyl sites for hydroxylation is 2. The number of rotatable bonds is 8. The first-order valence-corrected chi connectivity index (χ1v) is 8.93. The van der Waals surface area contributed by atoms with Crippen molar-refractivity contribution in [3.05, 3.63) is 47.1 Å². The van der Waals surface area contributed by atoms with Crippen LogP contribution in [0, 0.1) is 6.92 Å². The predicted molar refractivity (Wildman–Crippen MR) is 94.1 cm³/mol. The summed E-state index contributed by atoms with van der Waals surface area (Å²) in [5.41, 5.74) is 0.438. The molecule has 0 saturated carbocycles. The van der Waals surface area contributed by atoms with E-state index in [1.54, 1.807) is 13.0 Å². The summed E-state index contributed by atoms with van der Waals surface area (Å²) < 4.78 is 7.12. The molecule has 0 aromatic carbocycles. The number of hydrogen-bond acceptors (Lipinski definition) is 4. The van der Waals surface area contributed by atoms with Crippen LogP contribution in [0.1, 0.15) is 41.4 Å². The van der Waals surface area contributed by atoms with E-state index in [-0.39, 0.29) is 5.91 Å². The van der Waals surface area contributed by atoms with Crippen molar-refractivity contribution in [2.45, 2.75) is 39.7 Å². The summed E-state index contributed by atoms with van der Waals surface area (Å²) in [6.07, 6.45) is 6.19. The molecular weight excluding hydrogens is 324 g/mol. The second kappa shape index (κ2) is 9.17. The summed E-state index contributed by atoms with van der Waals surface area (Å²) >= 11 is 1.40. The predicted octanol–water partition coefficient (Wildman–Crippen LogP) is 3.33. The Labute approximate surface area is 146 Å². The van der Waals surface area contributed by atoms with Gasteiger partial charge in [0.15, 0.2) is 12.4 Å². The molecule has 0 spiro atoms. The summed E-state index contributed by atoms with van der Waals surface area (Å²) in [6, 6.07) is 7.71. The number of hydrogen-bond donors (Lipinski definition) is 1. The minimum atomic E-state index is -0.391. The Morgan fingerprint density at radius 3 is 2.67 bits per heavy atom. The van der Waals surface area contributed by atoms with Crippen molar-refractivity contribution in [2.24, 2.45) is 0 Å². The highest BCUT2D eigenvalue weighted by atomic mass is 32.1. The molecule has 1 N–H and O–H groups in total. The molecule has 2 heterocycles. The fraction of sp³-hybridized carbons (Fsp3) is 0.389. The summed E-state index contributed by atoms with van der Waals surface area (Å²) in [4.78, 5) is 25.0. The third kappa shape index (κ3) is 5.45. The van der Waals surface area contributed by atoms with Gasteiger partial charge >= 0.3 is 5.97 Å². The normalized spacial score (nSPS) is 10.4. The SMILES string of the molecule is CCOC(=O)c1cc(C)sc1NC(=O)CCCC[n+]1ccccc1. The Bertz CT molecular complexity index is 683. The van der Waals surface area contributed by atoms with Gasteiger partial charge in [0.2, 0.25) is 5.91 Å². The van der Waals surface area contributed by atoms with Gasteiger partial charge in [0, 0.05) is 29.9 Å². The topological polar surface area (TPSA) is 59.3 Å². The number of ether oxygens (including phenoxy) is 1. The smallest absolute Gasteiger partial charge is 0.341 e. The number of aromatic nitrogens is 1. The minimum Gasteiger partial charge on any atom is -0.462 e. The van der Waals surface area contributed by atoms with E-state index >= 15 is 0 Å². The Kier molecular flexibility index (Phi) is 6.93. The fourth-order valence-corrected chi connectivity index (χ4v) is 3.24. The molecule has 0 atom stereocenters. The number of nitrogens with one attached hydrogen (secondary N) is 1. The van der Waals surface area contributed by atoms with Crippen molar-refractivity contribution >= 4 is 28.2 Å². The Morgan fingerprint density at radius 1 is 1.21 bits per heavy atom. The average Bonchev–Trinajstić information content (AvgIpc) is 2.93. The van der Waals surface area contributed by atoms with E-state index in [0.29, 0.717) is 23.6 Å². The van der Waals surface area contributed by atoms with Gasteiger partial charge < -0.3 is 10.1 Å². The zero-order valence-corrected chi connectivity index (χ0v) is 14.9. The van der Waals surface area contributed by atoms with Crippen LogP contribution in [0.5, 0.6) is 0 Å². The van der Waals surface area contributed by atoms with Crippen LogP contribution in [-0.4, -0.2) is 18.5 Å². The highest BCUT2D eigenvalue weighted by molar-refractivity contribution is 7.16. The third-order valence-corrected chi connectivity index (χ3v) is 4.42. The quantitative estimate of drug-likeness (QED) is 0.453. The Balaban J connectivity index is 1.81. The van der Waals surface area contributed by atoms with Crippen molar-refractivity contribution in [2.75, 3.05) is 11.9 Å². The van der Waals surface area contributed by atoms with Crippen LogP contribution in [0.25, 0.3) is 0 Å². The molecule has 5 nitrogen and oxygen atoms in total. The van der Waals surface area contributed by atoms with E-state index in [9.17, 15) is 9.59 Å². The molecule has 128 valence electrons. The lowest BCUT2D eigenvalue weighted by molar-refractivity contribution is -0.697. The van der Waals surface area contributed by atoms with E-state index < -0.39 is 5.97 Å². The van der Waals surface area contributed by atoms with Gasteiger partial charge in [-0.05, 0) is 26.3 Å². The summed E-state index contributed by atoms with van der Waals surface area (Å²) in [7, 11) is 0. The molecule has 0 radical (unpaired) electrons. The van der Waals surface area contributed by atoms with Gasteiger partial charge in [0.1, 0.15) is 11.5 Å². The molecule has 2 aromatic rings. The molecule has 1 amide bonds. The first kappa shape index (κ1) is 18.1. The standard InChI is InChI=1S/C18H22N2O3S/c1-3-23-18(22)15-13-14(2)24-17(15)19-16(21)9-5-8-12-20-10-6-4-7-11-20/h4,6-7,10-11,13H,3,5,8-9,12H2,1-2H3/p+1. The van der Waals surface area contributed by atoms with Crippen molar-refractivity contribution in [1.29, 1.82) is 0 Å². The second-order valence-electron chi connectivity index (χ2n) is 5.44.